The van der Waals surface area contributed by atoms with Crippen LogP contribution in [0.25, 0.3) is 0 Å². The van der Waals surface area contributed by atoms with E-state index in [4.69, 9.17) is 9.26 Å². The van der Waals surface area contributed by atoms with E-state index in [1.807, 2.05) is 6.07 Å². The van der Waals surface area contributed by atoms with Crippen LogP contribution in [-0.4, -0.2) is 35.4 Å². The molecule has 100 valence electrons. The minimum absolute atomic E-state index is 0.425. The molecular weight excluding hydrogens is 228 g/mol. The van der Waals surface area contributed by atoms with Crippen LogP contribution in [0.2, 0.25) is 0 Å². The molecule has 0 radical (unpaired) electrons. The van der Waals surface area contributed by atoms with Gasteiger partial charge in [-0.3, -0.25) is 4.90 Å². The quantitative estimate of drug-likeness (QED) is 0.805. The molecule has 2 fully saturated rings. The SMILES string of the molecule is c1cc(CN(CC2CCCO2)C2CCCC2)on1. The van der Waals surface area contributed by atoms with E-state index in [0.717, 1.165) is 25.5 Å². The molecule has 1 aliphatic carbocycles. The standard InChI is InChI=1S/C14H22N2O2/c1-2-5-12(4-1)16(10-13-6-3-9-17-13)11-14-7-8-15-18-14/h7-8,12-13H,1-6,9-11H2. The summed E-state index contributed by atoms with van der Waals surface area (Å²) >= 11 is 0. The second-order valence-corrected chi connectivity index (χ2v) is 5.48. The number of ether oxygens (including phenoxy) is 1. The third kappa shape index (κ3) is 2.93. The fourth-order valence-electron chi connectivity index (χ4n) is 3.19. The van der Waals surface area contributed by atoms with Gasteiger partial charge in [0.1, 0.15) is 0 Å². The minimum atomic E-state index is 0.425. The number of rotatable bonds is 5. The monoisotopic (exact) mass is 250 g/mol. The molecule has 0 aromatic carbocycles. The molecule has 0 N–H and O–H groups in total. The molecule has 1 aromatic rings. The number of hydrogen-bond acceptors (Lipinski definition) is 4. The van der Waals surface area contributed by atoms with Crippen LogP contribution in [0.15, 0.2) is 16.8 Å². The lowest BCUT2D eigenvalue weighted by atomic mass is 10.1. The molecule has 1 aliphatic heterocycles. The molecule has 1 atom stereocenters. The van der Waals surface area contributed by atoms with Crippen molar-refractivity contribution in [1.82, 2.24) is 10.1 Å². The van der Waals surface area contributed by atoms with Crippen LogP contribution in [0.5, 0.6) is 0 Å². The summed E-state index contributed by atoms with van der Waals surface area (Å²) in [7, 11) is 0. The maximum absolute atomic E-state index is 5.77. The van der Waals surface area contributed by atoms with E-state index in [1.54, 1.807) is 6.20 Å². The zero-order valence-electron chi connectivity index (χ0n) is 10.9. The van der Waals surface area contributed by atoms with Crippen molar-refractivity contribution in [2.45, 2.75) is 57.2 Å². The molecule has 0 amide bonds. The molecule has 4 nitrogen and oxygen atoms in total. The Hall–Kier alpha value is -0.870. The number of hydrogen-bond donors (Lipinski definition) is 0. The van der Waals surface area contributed by atoms with Crippen molar-refractivity contribution in [2.24, 2.45) is 0 Å². The van der Waals surface area contributed by atoms with Crippen molar-refractivity contribution >= 4 is 0 Å². The van der Waals surface area contributed by atoms with Gasteiger partial charge in [0.2, 0.25) is 0 Å². The third-order valence-electron chi connectivity index (χ3n) is 4.15. The minimum Gasteiger partial charge on any atom is -0.377 e. The van der Waals surface area contributed by atoms with E-state index in [-0.39, 0.29) is 0 Å². The lowest BCUT2D eigenvalue weighted by Gasteiger charge is -2.29. The fourth-order valence-corrected chi connectivity index (χ4v) is 3.19. The van der Waals surface area contributed by atoms with Gasteiger partial charge in [0.05, 0.1) is 18.8 Å². The normalized spacial score (nSPS) is 25.3. The van der Waals surface area contributed by atoms with Crippen molar-refractivity contribution in [3.05, 3.63) is 18.0 Å². The van der Waals surface area contributed by atoms with Crippen LogP contribution in [0, 0.1) is 0 Å². The van der Waals surface area contributed by atoms with Gasteiger partial charge in [0.25, 0.3) is 0 Å². The lowest BCUT2D eigenvalue weighted by Crippen LogP contribution is -2.38. The van der Waals surface area contributed by atoms with Gasteiger partial charge in [-0.1, -0.05) is 18.0 Å². The molecule has 18 heavy (non-hydrogen) atoms. The van der Waals surface area contributed by atoms with E-state index in [1.165, 1.54) is 38.5 Å². The first kappa shape index (κ1) is 12.2. The van der Waals surface area contributed by atoms with Crippen molar-refractivity contribution in [2.75, 3.05) is 13.2 Å². The summed E-state index contributed by atoms with van der Waals surface area (Å²) in [6.07, 6.45) is 9.95. The van der Waals surface area contributed by atoms with E-state index >= 15 is 0 Å². The lowest BCUT2D eigenvalue weighted by molar-refractivity contribution is 0.0503. The Labute approximate surface area is 108 Å². The molecule has 1 aromatic heterocycles. The summed E-state index contributed by atoms with van der Waals surface area (Å²) in [6.45, 7) is 2.86. The molecule has 2 aliphatic rings. The fraction of sp³-hybridized carbons (Fsp3) is 0.786. The predicted octanol–water partition coefficient (Wildman–Crippen LogP) is 2.60. The first-order valence-corrected chi connectivity index (χ1v) is 7.17. The van der Waals surface area contributed by atoms with Gasteiger partial charge in [-0.2, -0.15) is 0 Å². The smallest absolute Gasteiger partial charge is 0.150 e. The zero-order valence-corrected chi connectivity index (χ0v) is 10.9. The van der Waals surface area contributed by atoms with E-state index in [9.17, 15) is 0 Å². The van der Waals surface area contributed by atoms with Crippen molar-refractivity contribution in [3.8, 4) is 0 Å². The van der Waals surface area contributed by atoms with Crippen molar-refractivity contribution < 1.29 is 9.26 Å². The summed E-state index contributed by atoms with van der Waals surface area (Å²) in [6, 6.07) is 2.68. The maximum atomic E-state index is 5.77. The van der Waals surface area contributed by atoms with E-state index in [2.05, 4.69) is 10.1 Å². The largest absolute Gasteiger partial charge is 0.377 e. The Kier molecular flexibility index (Phi) is 3.96. The van der Waals surface area contributed by atoms with E-state index < -0.39 is 0 Å². The number of nitrogens with zero attached hydrogens (tertiary/aromatic N) is 2. The average Bonchev–Trinajstić information content (AvgIpc) is 3.13. The van der Waals surface area contributed by atoms with Gasteiger partial charge in [0.15, 0.2) is 5.76 Å². The van der Waals surface area contributed by atoms with Gasteiger partial charge in [-0.15, -0.1) is 0 Å². The summed E-state index contributed by atoms with van der Waals surface area (Å²) < 4.78 is 11.0. The third-order valence-corrected chi connectivity index (χ3v) is 4.15. The Morgan fingerprint density at radius 2 is 2.11 bits per heavy atom. The molecule has 1 saturated heterocycles. The highest BCUT2D eigenvalue weighted by atomic mass is 16.5. The molecule has 4 heteroatoms. The molecule has 2 heterocycles. The van der Waals surface area contributed by atoms with Crippen LogP contribution in [0.1, 0.15) is 44.3 Å². The number of aromatic nitrogens is 1. The van der Waals surface area contributed by atoms with Gasteiger partial charge in [0, 0.05) is 25.3 Å². The summed E-state index contributed by atoms with van der Waals surface area (Å²) in [4.78, 5) is 2.55. The van der Waals surface area contributed by atoms with Crippen LogP contribution < -0.4 is 0 Å². The van der Waals surface area contributed by atoms with Crippen LogP contribution in [0.4, 0.5) is 0 Å². The van der Waals surface area contributed by atoms with Crippen molar-refractivity contribution in [3.63, 3.8) is 0 Å². The molecule has 0 bridgehead atoms. The second-order valence-electron chi connectivity index (χ2n) is 5.48. The van der Waals surface area contributed by atoms with Crippen molar-refractivity contribution in [1.29, 1.82) is 0 Å². The average molecular weight is 250 g/mol. The molecule has 0 spiro atoms. The zero-order chi connectivity index (χ0) is 12.2. The van der Waals surface area contributed by atoms with Crippen LogP contribution in [0.3, 0.4) is 0 Å². The Balaban J connectivity index is 1.62. The predicted molar refractivity (Wildman–Crippen MR) is 68.1 cm³/mol. The second kappa shape index (κ2) is 5.85. The maximum Gasteiger partial charge on any atom is 0.150 e. The Morgan fingerprint density at radius 3 is 2.78 bits per heavy atom. The van der Waals surface area contributed by atoms with E-state index in [0.29, 0.717) is 12.1 Å². The first-order chi connectivity index (χ1) is 8.92. The molecule has 1 unspecified atom stereocenters. The summed E-state index contributed by atoms with van der Waals surface area (Å²) in [5.74, 6) is 0.972. The molecule has 3 rings (SSSR count). The molecular formula is C14H22N2O2. The highest BCUT2D eigenvalue weighted by Gasteiger charge is 2.27. The van der Waals surface area contributed by atoms with Crippen LogP contribution in [-0.2, 0) is 11.3 Å². The summed E-state index contributed by atoms with van der Waals surface area (Å²) in [5, 5.41) is 3.80. The van der Waals surface area contributed by atoms with Gasteiger partial charge < -0.3 is 9.26 Å². The van der Waals surface area contributed by atoms with Gasteiger partial charge in [-0.25, -0.2) is 0 Å². The summed E-state index contributed by atoms with van der Waals surface area (Å²) in [5.41, 5.74) is 0. The van der Waals surface area contributed by atoms with Gasteiger partial charge >= 0.3 is 0 Å². The first-order valence-electron chi connectivity index (χ1n) is 7.17. The van der Waals surface area contributed by atoms with Crippen LogP contribution >= 0.6 is 0 Å². The topological polar surface area (TPSA) is 38.5 Å². The van der Waals surface area contributed by atoms with Gasteiger partial charge in [-0.05, 0) is 25.7 Å². The Morgan fingerprint density at radius 1 is 1.22 bits per heavy atom. The highest BCUT2D eigenvalue weighted by Crippen LogP contribution is 2.26. The highest BCUT2D eigenvalue weighted by molar-refractivity contribution is 4.94. The Bertz CT molecular complexity index is 341. The molecule has 1 saturated carbocycles.